The summed E-state index contributed by atoms with van der Waals surface area (Å²) >= 11 is 0. The molecule has 0 radical (unpaired) electrons. The smallest absolute Gasteiger partial charge is 1.00 e. The molecule has 0 N–H and O–H groups in total. The van der Waals surface area contributed by atoms with Gasteiger partial charge in [0.2, 0.25) is 0 Å². The number of halogens is 1. The van der Waals surface area contributed by atoms with Crippen LogP contribution < -0.4 is 80.9 Å². The van der Waals surface area contributed by atoms with Gasteiger partial charge in [0.05, 0.1) is 0 Å². The third kappa shape index (κ3) is 8.99. The Morgan fingerprint density at radius 1 is 1.25 bits per heavy atom. The largest absolute Gasteiger partial charge is 1.00 e. The van der Waals surface area contributed by atoms with Crippen molar-refractivity contribution in [3.63, 3.8) is 0 Å². The monoisotopic (exact) mass is 134 g/mol. The summed E-state index contributed by atoms with van der Waals surface area (Å²) < 4.78 is 0. The fourth-order valence-electron chi connectivity index (χ4n) is 0. The standard InChI is InChI=1S/ClH.K.Na.H2S.2H/h1H;;;1H2;;/q;2*+1;;2*-1. The van der Waals surface area contributed by atoms with E-state index >= 15 is 0 Å². The average molecular weight is 135 g/mol. The molecule has 0 heterocycles. The molecule has 0 fully saturated rings. The molecule has 0 aromatic carbocycles. The van der Waals surface area contributed by atoms with Crippen LogP contribution in [0, 0.1) is 0 Å². The van der Waals surface area contributed by atoms with Gasteiger partial charge < -0.3 is 2.85 Å². The molecule has 0 saturated heterocycles. The van der Waals surface area contributed by atoms with Crippen LogP contribution in [0.15, 0.2) is 0 Å². The van der Waals surface area contributed by atoms with Gasteiger partial charge in [-0.1, -0.05) is 0 Å². The van der Waals surface area contributed by atoms with Crippen molar-refractivity contribution in [3.05, 3.63) is 0 Å². The maximum atomic E-state index is 0. The van der Waals surface area contributed by atoms with E-state index in [-0.39, 0.29) is 110 Å². The molecule has 0 nitrogen and oxygen atoms in total. The fourth-order valence-corrected chi connectivity index (χ4v) is 0. The van der Waals surface area contributed by atoms with Gasteiger partial charge in [-0.15, -0.1) is 12.4 Å². The molecule has 0 aliphatic rings. The van der Waals surface area contributed by atoms with Gasteiger partial charge in [0.15, 0.2) is 0 Å². The molecule has 0 rings (SSSR count). The summed E-state index contributed by atoms with van der Waals surface area (Å²) in [7, 11) is 0. The van der Waals surface area contributed by atoms with Crippen LogP contribution in [0.4, 0.5) is 0 Å². The molecule has 4 heteroatoms. The molecule has 0 aliphatic heterocycles. The van der Waals surface area contributed by atoms with Crippen molar-refractivity contribution in [1.82, 2.24) is 0 Å². The van der Waals surface area contributed by atoms with E-state index in [2.05, 4.69) is 0 Å². The van der Waals surface area contributed by atoms with Crippen LogP contribution in [0.1, 0.15) is 2.85 Å². The molecule has 0 spiro atoms. The van der Waals surface area contributed by atoms with E-state index in [0.717, 1.165) is 0 Å². The molecule has 0 saturated carbocycles. The minimum absolute atomic E-state index is 0. The molecule has 0 unspecified atom stereocenters. The summed E-state index contributed by atoms with van der Waals surface area (Å²) in [6.45, 7) is 0. The molecule has 0 bridgehead atoms. The van der Waals surface area contributed by atoms with Crippen LogP contribution in [0.3, 0.4) is 0 Å². The minimum atomic E-state index is 0. The van der Waals surface area contributed by atoms with Gasteiger partial charge >= 0.3 is 80.9 Å². The third-order valence-electron chi connectivity index (χ3n) is 0. The van der Waals surface area contributed by atoms with Gasteiger partial charge in [0.1, 0.15) is 0 Å². The molecule has 20 valence electrons. The van der Waals surface area contributed by atoms with Crippen LogP contribution in [0.25, 0.3) is 0 Å². The molecular weight excluding hydrogens is 130 g/mol. The van der Waals surface area contributed by atoms with E-state index in [1.54, 1.807) is 0 Å². The first-order valence-electron chi connectivity index (χ1n) is 0. The summed E-state index contributed by atoms with van der Waals surface area (Å²) in [5, 5.41) is 0. The molecule has 0 amide bonds. The molecule has 4 heavy (non-hydrogen) atoms. The Balaban J connectivity index is 0. The molecule has 0 aromatic rings. The van der Waals surface area contributed by atoms with Gasteiger partial charge in [-0.2, -0.15) is 13.5 Å². The zero-order chi connectivity index (χ0) is 0. The van der Waals surface area contributed by atoms with E-state index in [9.17, 15) is 0 Å². The second kappa shape index (κ2) is 16.3. The van der Waals surface area contributed by atoms with Gasteiger partial charge in [0.25, 0.3) is 0 Å². The Morgan fingerprint density at radius 3 is 1.25 bits per heavy atom. The van der Waals surface area contributed by atoms with Gasteiger partial charge in [-0.3, -0.25) is 0 Å². The number of rotatable bonds is 0. The van der Waals surface area contributed by atoms with Crippen molar-refractivity contribution in [1.29, 1.82) is 0 Å². The van der Waals surface area contributed by atoms with E-state index in [0.29, 0.717) is 0 Å². The maximum absolute atomic E-state index is 0. The van der Waals surface area contributed by atoms with Crippen LogP contribution in [0.5, 0.6) is 0 Å². The number of hydrogen-bond donors (Lipinski definition) is 0. The summed E-state index contributed by atoms with van der Waals surface area (Å²) in [4.78, 5) is 0. The zero-order valence-corrected chi connectivity index (χ0v) is 9.85. The Morgan fingerprint density at radius 2 is 1.25 bits per heavy atom. The third-order valence-corrected chi connectivity index (χ3v) is 0. The first kappa shape index (κ1) is 26.7. The summed E-state index contributed by atoms with van der Waals surface area (Å²) in [5.41, 5.74) is 0. The maximum Gasteiger partial charge on any atom is 1.00 e. The van der Waals surface area contributed by atoms with Gasteiger partial charge in [-0.05, 0) is 0 Å². The Bertz CT molecular complexity index is 13.5. The van der Waals surface area contributed by atoms with Crippen molar-refractivity contribution in [2.45, 2.75) is 0 Å². The first-order valence-corrected chi connectivity index (χ1v) is 0. The topological polar surface area (TPSA) is 0 Å². The zero-order valence-electron chi connectivity index (χ0n) is 4.91. The second-order valence-electron chi connectivity index (χ2n) is 0. The Kier molecular flexibility index (Phi) is 109. The van der Waals surface area contributed by atoms with Crippen molar-refractivity contribution in [3.8, 4) is 0 Å². The summed E-state index contributed by atoms with van der Waals surface area (Å²) in [6, 6.07) is 0. The predicted octanol–water partition coefficient (Wildman–Crippen LogP) is -5.23. The Hall–Kier alpha value is 3.28. The predicted molar refractivity (Wildman–Crippen MR) is 19.9 cm³/mol. The quantitative estimate of drug-likeness (QED) is 0.291. The SMILES string of the molecule is Cl.S.[H-].[H-].[K+].[Na+]. The minimum Gasteiger partial charge on any atom is -1.00 e. The van der Waals surface area contributed by atoms with E-state index in [1.807, 2.05) is 0 Å². The summed E-state index contributed by atoms with van der Waals surface area (Å²) in [5.74, 6) is 0. The van der Waals surface area contributed by atoms with Gasteiger partial charge in [-0.25, -0.2) is 0 Å². The van der Waals surface area contributed by atoms with Crippen molar-refractivity contribution >= 4 is 25.9 Å². The van der Waals surface area contributed by atoms with Gasteiger partial charge in [0, 0.05) is 0 Å². The van der Waals surface area contributed by atoms with Crippen molar-refractivity contribution in [2.75, 3.05) is 0 Å². The van der Waals surface area contributed by atoms with E-state index < -0.39 is 0 Å². The van der Waals surface area contributed by atoms with E-state index in [1.165, 1.54) is 0 Å². The normalized spacial score (nSPS) is 0. The van der Waals surface area contributed by atoms with Crippen molar-refractivity contribution in [2.24, 2.45) is 0 Å². The molecule has 0 aliphatic carbocycles. The Labute approximate surface area is 107 Å². The van der Waals surface area contributed by atoms with Crippen LogP contribution in [-0.4, -0.2) is 0 Å². The molecular formula is H5ClKNaS. The molecule has 0 atom stereocenters. The molecule has 0 aromatic heterocycles. The fraction of sp³-hybridized carbons (Fsp3) is 0. The first-order chi connectivity index (χ1) is 0. The van der Waals surface area contributed by atoms with Crippen LogP contribution in [0.2, 0.25) is 0 Å². The summed E-state index contributed by atoms with van der Waals surface area (Å²) in [6.07, 6.45) is 0. The van der Waals surface area contributed by atoms with Crippen molar-refractivity contribution < 1.29 is 83.8 Å². The second-order valence-corrected chi connectivity index (χ2v) is 0. The van der Waals surface area contributed by atoms with E-state index in [4.69, 9.17) is 0 Å². The average Bonchev–Trinajstić information content (AvgIpc) is 0. The van der Waals surface area contributed by atoms with Crippen LogP contribution in [-0.2, 0) is 0 Å². The van der Waals surface area contributed by atoms with Crippen LogP contribution >= 0.6 is 25.9 Å². The number of hydrogen-bond acceptors (Lipinski definition) is 0.